The lowest BCUT2D eigenvalue weighted by atomic mass is 9.75. The molecule has 0 saturated heterocycles. The monoisotopic (exact) mass is 252 g/mol. The first-order valence-corrected chi connectivity index (χ1v) is 6.66. The fourth-order valence-electron chi connectivity index (χ4n) is 2.69. The van der Waals surface area contributed by atoms with E-state index in [1.807, 2.05) is 12.1 Å². The van der Waals surface area contributed by atoms with E-state index in [0.29, 0.717) is 22.2 Å². The fraction of sp³-hybridized carbons (Fsp3) is 0.571. The number of anilines is 2. The summed E-state index contributed by atoms with van der Waals surface area (Å²) in [5.41, 5.74) is 7.85. The van der Waals surface area contributed by atoms with E-state index in [9.17, 15) is 0 Å². The van der Waals surface area contributed by atoms with Gasteiger partial charge < -0.3 is 11.1 Å². The molecular formula is C14H21ClN2. The van der Waals surface area contributed by atoms with Crippen molar-refractivity contribution in [3.05, 3.63) is 23.2 Å². The SMILES string of the molecule is CC1(C)CCCC(Nc2ccc(N)cc2Cl)C1. The Bertz CT molecular complexity index is 401. The molecule has 3 N–H and O–H groups in total. The van der Waals surface area contributed by atoms with E-state index in [1.165, 1.54) is 25.7 Å². The highest BCUT2D eigenvalue weighted by Gasteiger charge is 2.27. The van der Waals surface area contributed by atoms with Crippen molar-refractivity contribution in [2.45, 2.75) is 45.6 Å². The molecule has 0 amide bonds. The molecule has 3 heteroatoms. The van der Waals surface area contributed by atoms with Gasteiger partial charge >= 0.3 is 0 Å². The van der Waals surface area contributed by atoms with E-state index in [4.69, 9.17) is 17.3 Å². The normalized spacial score (nSPS) is 23.4. The third kappa shape index (κ3) is 3.29. The summed E-state index contributed by atoms with van der Waals surface area (Å²) in [6.07, 6.45) is 5.04. The molecule has 1 aromatic carbocycles. The molecule has 1 saturated carbocycles. The number of hydrogen-bond donors (Lipinski definition) is 2. The van der Waals surface area contributed by atoms with Crippen molar-refractivity contribution in [3.63, 3.8) is 0 Å². The number of nitrogens with two attached hydrogens (primary N) is 1. The predicted molar refractivity (Wildman–Crippen MR) is 75.5 cm³/mol. The second kappa shape index (κ2) is 4.77. The predicted octanol–water partition coefficient (Wildman–Crippen LogP) is 4.30. The zero-order valence-corrected chi connectivity index (χ0v) is 11.3. The second-order valence-electron chi connectivity index (χ2n) is 5.84. The topological polar surface area (TPSA) is 38.0 Å². The molecule has 0 heterocycles. The van der Waals surface area contributed by atoms with Gasteiger partial charge in [-0.2, -0.15) is 0 Å². The van der Waals surface area contributed by atoms with Crippen LogP contribution in [0.4, 0.5) is 11.4 Å². The second-order valence-corrected chi connectivity index (χ2v) is 6.25. The molecule has 0 aliphatic heterocycles. The number of rotatable bonds is 2. The Morgan fingerprint density at radius 2 is 2.18 bits per heavy atom. The van der Waals surface area contributed by atoms with Gasteiger partial charge in [-0.05, 0) is 42.9 Å². The molecule has 2 nitrogen and oxygen atoms in total. The summed E-state index contributed by atoms with van der Waals surface area (Å²) in [5.74, 6) is 0. The number of hydrogen-bond acceptors (Lipinski definition) is 2. The minimum absolute atomic E-state index is 0.441. The average Bonchev–Trinajstić information content (AvgIpc) is 2.21. The van der Waals surface area contributed by atoms with Crippen molar-refractivity contribution in [1.82, 2.24) is 0 Å². The van der Waals surface area contributed by atoms with Gasteiger partial charge in [-0.25, -0.2) is 0 Å². The highest BCUT2D eigenvalue weighted by Crippen LogP contribution is 2.37. The standard InChI is InChI=1S/C14H21ClN2/c1-14(2)7-3-4-11(9-14)17-13-6-5-10(16)8-12(13)15/h5-6,8,11,17H,3-4,7,9,16H2,1-2H3. The quantitative estimate of drug-likeness (QED) is 0.770. The van der Waals surface area contributed by atoms with E-state index >= 15 is 0 Å². The molecule has 0 radical (unpaired) electrons. The molecule has 94 valence electrons. The van der Waals surface area contributed by atoms with Crippen LogP contribution in [0.25, 0.3) is 0 Å². The minimum atomic E-state index is 0.441. The van der Waals surface area contributed by atoms with Crippen LogP contribution in [-0.2, 0) is 0 Å². The summed E-state index contributed by atoms with van der Waals surface area (Å²) in [5, 5.41) is 4.26. The van der Waals surface area contributed by atoms with Gasteiger partial charge in [-0.15, -0.1) is 0 Å². The summed E-state index contributed by atoms with van der Waals surface area (Å²) in [6.45, 7) is 4.68. The molecule has 17 heavy (non-hydrogen) atoms. The lowest BCUT2D eigenvalue weighted by Gasteiger charge is -2.36. The van der Waals surface area contributed by atoms with Crippen LogP contribution in [0.15, 0.2) is 18.2 Å². The summed E-state index contributed by atoms with van der Waals surface area (Å²) in [4.78, 5) is 0. The number of benzene rings is 1. The van der Waals surface area contributed by atoms with Crippen molar-refractivity contribution >= 4 is 23.0 Å². The van der Waals surface area contributed by atoms with Crippen LogP contribution in [0.3, 0.4) is 0 Å². The van der Waals surface area contributed by atoms with Crippen LogP contribution in [0.2, 0.25) is 5.02 Å². The zero-order chi connectivity index (χ0) is 12.5. The average molecular weight is 253 g/mol. The van der Waals surface area contributed by atoms with E-state index in [2.05, 4.69) is 19.2 Å². The molecule has 1 aliphatic carbocycles. The zero-order valence-electron chi connectivity index (χ0n) is 10.6. The Morgan fingerprint density at radius 3 is 2.82 bits per heavy atom. The summed E-state index contributed by atoms with van der Waals surface area (Å²) >= 11 is 6.18. The highest BCUT2D eigenvalue weighted by atomic mass is 35.5. The Morgan fingerprint density at radius 1 is 1.41 bits per heavy atom. The Hall–Kier alpha value is -0.890. The van der Waals surface area contributed by atoms with E-state index in [-0.39, 0.29) is 0 Å². The highest BCUT2D eigenvalue weighted by molar-refractivity contribution is 6.33. The van der Waals surface area contributed by atoms with E-state index in [0.717, 1.165) is 5.69 Å². The molecule has 0 spiro atoms. The van der Waals surface area contributed by atoms with Crippen LogP contribution in [-0.4, -0.2) is 6.04 Å². The lowest BCUT2D eigenvalue weighted by molar-refractivity contribution is 0.229. The van der Waals surface area contributed by atoms with Gasteiger partial charge in [0.2, 0.25) is 0 Å². The smallest absolute Gasteiger partial charge is 0.0658 e. The summed E-state index contributed by atoms with van der Waals surface area (Å²) in [6, 6.07) is 6.19. The Balaban J connectivity index is 2.05. The third-order valence-electron chi connectivity index (χ3n) is 3.56. The molecule has 1 atom stereocenters. The van der Waals surface area contributed by atoms with Crippen LogP contribution in [0.1, 0.15) is 39.5 Å². The summed E-state index contributed by atoms with van der Waals surface area (Å²) in [7, 11) is 0. The number of nitrogens with one attached hydrogen (secondary N) is 1. The van der Waals surface area contributed by atoms with Crippen molar-refractivity contribution in [2.75, 3.05) is 11.1 Å². The van der Waals surface area contributed by atoms with Crippen molar-refractivity contribution in [3.8, 4) is 0 Å². The molecule has 1 aliphatic rings. The minimum Gasteiger partial charge on any atom is -0.399 e. The summed E-state index contributed by atoms with van der Waals surface area (Å²) < 4.78 is 0. The van der Waals surface area contributed by atoms with Gasteiger partial charge in [-0.1, -0.05) is 31.9 Å². The van der Waals surface area contributed by atoms with Gasteiger partial charge in [-0.3, -0.25) is 0 Å². The molecule has 0 bridgehead atoms. The first-order chi connectivity index (χ1) is 7.96. The van der Waals surface area contributed by atoms with Crippen LogP contribution >= 0.6 is 11.6 Å². The molecule has 1 fully saturated rings. The third-order valence-corrected chi connectivity index (χ3v) is 3.87. The fourth-order valence-corrected chi connectivity index (χ4v) is 2.93. The first kappa shape index (κ1) is 12.6. The van der Waals surface area contributed by atoms with Crippen LogP contribution in [0, 0.1) is 5.41 Å². The van der Waals surface area contributed by atoms with E-state index < -0.39 is 0 Å². The van der Waals surface area contributed by atoms with Gasteiger partial charge in [0, 0.05) is 11.7 Å². The van der Waals surface area contributed by atoms with Crippen molar-refractivity contribution < 1.29 is 0 Å². The van der Waals surface area contributed by atoms with Crippen LogP contribution in [0.5, 0.6) is 0 Å². The molecule has 0 aromatic heterocycles. The molecule has 2 rings (SSSR count). The first-order valence-electron chi connectivity index (χ1n) is 6.28. The maximum absolute atomic E-state index is 6.18. The maximum atomic E-state index is 6.18. The van der Waals surface area contributed by atoms with Gasteiger partial charge in [0.25, 0.3) is 0 Å². The number of nitrogen functional groups attached to an aromatic ring is 1. The van der Waals surface area contributed by atoms with Gasteiger partial charge in [0.15, 0.2) is 0 Å². The maximum Gasteiger partial charge on any atom is 0.0658 e. The molecule has 1 aromatic rings. The largest absolute Gasteiger partial charge is 0.399 e. The van der Waals surface area contributed by atoms with Crippen molar-refractivity contribution in [2.24, 2.45) is 5.41 Å². The molecule has 1 unspecified atom stereocenters. The Kier molecular flexibility index (Phi) is 3.53. The number of halogens is 1. The lowest BCUT2D eigenvalue weighted by Crippen LogP contribution is -2.31. The van der Waals surface area contributed by atoms with Gasteiger partial charge in [0.1, 0.15) is 0 Å². The van der Waals surface area contributed by atoms with Crippen LogP contribution < -0.4 is 11.1 Å². The molecular weight excluding hydrogens is 232 g/mol. The Labute approximate surface area is 109 Å². The van der Waals surface area contributed by atoms with Crippen molar-refractivity contribution in [1.29, 1.82) is 0 Å². The van der Waals surface area contributed by atoms with Gasteiger partial charge in [0.05, 0.1) is 10.7 Å². The van der Waals surface area contributed by atoms with E-state index in [1.54, 1.807) is 6.07 Å².